The van der Waals surface area contributed by atoms with Gasteiger partial charge in [0, 0.05) is 39.1 Å². The van der Waals surface area contributed by atoms with E-state index in [9.17, 15) is 0 Å². The Morgan fingerprint density at radius 1 is 1.24 bits per heavy atom. The molecule has 2 atom stereocenters. The highest BCUT2D eigenvalue weighted by molar-refractivity contribution is 5.80. The number of piperidine rings is 1. The molecule has 0 radical (unpaired) electrons. The lowest BCUT2D eigenvalue weighted by Gasteiger charge is -2.39. The number of benzene rings is 1. The number of aliphatic imine (C=N–C) groups is 1. The van der Waals surface area contributed by atoms with E-state index in [4.69, 9.17) is 0 Å². The monoisotopic (exact) mass is 392 g/mol. The zero-order valence-electron chi connectivity index (χ0n) is 17.0. The van der Waals surface area contributed by atoms with Crippen LogP contribution in [0.3, 0.4) is 0 Å². The maximum absolute atomic E-state index is 4.54. The first-order valence-electron chi connectivity index (χ1n) is 10.1. The first-order chi connectivity index (χ1) is 14.2. The van der Waals surface area contributed by atoms with E-state index in [2.05, 4.69) is 72.2 Å². The molecule has 1 aliphatic rings. The topological polar surface area (TPSA) is 76.2 Å². The highest BCUT2D eigenvalue weighted by atomic mass is 15.3. The van der Waals surface area contributed by atoms with Crippen LogP contribution >= 0.6 is 0 Å². The summed E-state index contributed by atoms with van der Waals surface area (Å²) >= 11 is 0. The highest BCUT2D eigenvalue weighted by Gasteiger charge is 2.28. The third-order valence-electron chi connectivity index (χ3n) is 5.59. The number of imidazole rings is 1. The Labute approximate surface area is 171 Å². The summed E-state index contributed by atoms with van der Waals surface area (Å²) in [5.74, 6) is 1.57. The van der Waals surface area contributed by atoms with E-state index in [1.807, 2.05) is 24.3 Å². The number of likely N-dealkylation sites (tertiary alicyclic amines) is 1. The number of nitrogens with one attached hydrogen (secondary N) is 1. The maximum atomic E-state index is 4.54. The Bertz CT molecular complexity index is 916. The lowest BCUT2D eigenvalue weighted by atomic mass is 9.93. The van der Waals surface area contributed by atoms with Crippen molar-refractivity contribution in [3.63, 3.8) is 0 Å². The fourth-order valence-corrected chi connectivity index (χ4v) is 3.95. The van der Waals surface area contributed by atoms with E-state index in [-0.39, 0.29) is 0 Å². The predicted octanol–water partition coefficient (Wildman–Crippen LogP) is 2.18. The number of guanidine groups is 1. The Balaban J connectivity index is 1.38. The number of hydrogen-bond donors (Lipinski definition) is 1. The van der Waals surface area contributed by atoms with Gasteiger partial charge in [0.25, 0.3) is 0 Å². The van der Waals surface area contributed by atoms with E-state index < -0.39 is 0 Å². The van der Waals surface area contributed by atoms with Crippen molar-refractivity contribution in [2.75, 3.05) is 20.1 Å². The summed E-state index contributed by atoms with van der Waals surface area (Å²) in [6, 6.07) is 8.95. The molecule has 2 aromatic heterocycles. The van der Waals surface area contributed by atoms with E-state index >= 15 is 0 Å². The minimum absolute atomic E-state index is 0.413. The van der Waals surface area contributed by atoms with E-state index in [1.54, 1.807) is 12.7 Å². The van der Waals surface area contributed by atoms with Gasteiger partial charge >= 0.3 is 0 Å². The number of hydrogen-bond acceptors (Lipinski definition) is 4. The van der Waals surface area contributed by atoms with Gasteiger partial charge in [-0.1, -0.05) is 31.2 Å². The van der Waals surface area contributed by atoms with Gasteiger partial charge in [-0.05, 0) is 23.5 Å². The van der Waals surface area contributed by atoms with Gasteiger partial charge in [0.05, 0.1) is 18.9 Å². The third kappa shape index (κ3) is 4.64. The lowest BCUT2D eigenvalue weighted by Crippen LogP contribution is -2.48. The molecule has 3 heterocycles. The molecular weight excluding hydrogens is 364 g/mol. The summed E-state index contributed by atoms with van der Waals surface area (Å²) in [6.45, 7) is 5.72. The van der Waals surface area contributed by atoms with Gasteiger partial charge in [-0.25, -0.2) is 14.6 Å². The van der Waals surface area contributed by atoms with Crippen LogP contribution < -0.4 is 5.32 Å². The summed E-state index contributed by atoms with van der Waals surface area (Å²) in [6.07, 6.45) is 10.3. The maximum Gasteiger partial charge on any atom is 0.193 e. The molecule has 152 valence electrons. The lowest BCUT2D eigenvalue weighted by molar-refractivity contribution is 0.189. The van der Waals surface area contributed by atoms with E-state index in [1.165, 1.54) is 11.1 Å². The molecule has 0 aliphatic carbocycles. The van der Waals surface area contributed by atoms with Crippen molar-refractivity contribution in [2.45, 2.75) is 32.5 Å². The average Bonchev–Trinajstić information content (AvgIpc) is 3.44. The first kappa shape index (κ1) is 19.2. The molecule has 0 bridgehead atoms. The molecule has 0 saturated carbocycles. The zero-order chi connectivity index (χ0) is 20.1. The number of rotatable bonds is 5. The summed E-state index contributed by atoms with van der Waals surface area (Å²) in [7, 11) is 1.85. The Morgan fingerprint density at radius 2 is 2.14 bits per heavy atom. The van der Waals surface area contributed by atoms with Gasteiger partial charge in [0.2, 0.25) is 0 Å². The molecule has 8 heteroatoms. The van der Waals surface area contributed by atoms with Crippen molar-refractivity contribution in [1.82, 2.24) is 34.5 Å². The highest BCUT2D eigenvalue weighted by Crippen LogP contribution is 2.27. The molecule has 1 aromatic carbocycles. The van der Waals surface area contributed by atoms with Gasteiger partial charge in [-0.15, -0.1) is 0 Å². The molecule has 0 amide bonds. The Hall–Kier alpha value is -3.16. The molecule has 1 N–H and O–H groups in total. The molecule has 4 rings (SSSR count). The van der Waals surface area contributed by atoms with Crippen LogP contribution in [0.2, 0.25) is 0 Å². The van der Waals surface area contributed by atoms with Crippen molar-refractivity contribution in [1.29, 1.82) is 0 Å². The predicted molar refractivity (Wildman–Crippen MR) is 112 cm³/mol. The molecule has 1 fully saturated rings. The van der Waals surface area contributed by atoms with Gasteiger partial charge in [-0.2, -0.15) is 5.10 Å². The minimum atomic E-state index is 0.413. The molecule has 8 nitrogen and oxygen atoms in total. The fraction of sp³-hybridized carbons (Fsp3) is 0.429. The van der Waals surface area contributed by atoms with Crippen LogP contribution in [0.15, 0.2) is 60.6 Å². The van der Waals surface area contributed by atoms with Crippen LogP contribution in [0.5, 0.6) is 0 Å². The smallest absolute Gasteiger partial charge is 0.193 e. The first-order valence-corrected chi connectivity index (χ1v) is 10.1. The second-order valence-electron chi connectivity index (χ2n) is 7.60. The molecule has 0 spiro atoms. The molecule has 2 unspecified atom stereocenters. The van der Waals surface area contributed by atoms with E-state index in [0.717, 1.165) is 38.6 Å². The Kier molecular flexibility index (Phi) is 5.88. The normalized spacial score (nSPS) is 20.1. The van der Waals surface area contributed by atoms with Crippen molar-refractivity contribution in [2.24, 2.45) is 10.9 Å². The van der Waals surface area contributed by atoms with Crippen LogP contribution in [0.25, 0.3) is 0 Å². The third-order valence-corrected chi connectivity index (χ3v) is 5.59. The number of aromatic nitrogens is 5. The van der Waals surface area contributed by atoms with Crippen molar-refractivity contribution < 1.29 is 0 Å². The number of nitrogens with zero attached hydrogens (tertiary/aromatic N) is 7. The van der Waals surface area contributed by atoms with Gasteiger partial charge < -0.3 is 14.8 Å². The molecule has 3 aromatic rings. The van der Waals surface area contributed by atoms with Crippen LogP contribution in [0.4, 0.5) is 0 Å². The molecule has 1 saturated heterocycles. The second-order valence-corrected chi connectivity index (χ2v) is 7.60. The molecular formula is C21H28N8. The summed E-state index contributed by atoms with van der Waals surface area (Å²) < 4.78 is 4.05. The largest absolute Gasteiger partial charge is 0.352 e. The van der Waals surface area contributed by atoms with Gasteiger partial charge in [0.15, 0.2) is 5.96 Å². The molecule has 29 heavy (non-hydrogen) atoms. The van der Waals surface area contributed by atoms with Crippen molar-refractivity contribution in [3.05, 3.63) is 66.8 Å². The fourth-order valence-electron chi connectivity index (χ4n) is 3.95. The Morgan fingerprint density at radius 3 is 2.90 bits per heavy atom. The second kappa shape index (κ2) is 8.89. The minimum Gasteiger partial charge on any atom is -0.352 e. The summed E-state index contributed by atoms with van der Waals surface area (Å²) in [5.41, 5.74) is 2.43. The summed E-state index contributed by atoms with van der Waals surface area (Å²) in [4.78, 5) is 15.1. The van der Waals surface area contributed by atoms with Crippen LogP contribution in [0, 0.1) is 5.92 Å². The molecule has 1 aliphatic heterocycles. The quantitative estimate of drug-likeness (QED) is 0.532. The van der Waals surface area contributed by atoms with Gasteiger partial charge in [-0.3, -0.25) is 4.99 Å². The van der Waals surface area contributed by atoms with E-state index in [0.29, 0.717) is 12.0 Å². The van der Waals surface area contributed by atoms with Crippen LogP contribution in [-0.2, 0) is 13.1 Å². The SMILES string of the molecule is CN=C(NCc1cccc(Cn2cncn2)c1)N1CCC(C)C(n2ccnc2)C1. The summed E-state index contributed by atoms with van der Waals surface area (Å²) in [5, 5.41) is 7.72. The zero-order valence-corrected chi connectivity index (χ0v) is 17.0. The van der Waals surface area contributed by atoms with Crippen molar-refractivity contribution >= 4 is 5.96 Å². The van der Waals surface area contributed by atoms with Crippen LogP contribution in [-0.4, -0.2) is 55.3 Å². The van der Waals surface area contributed by atoms with Crippen molar-refractivity contribution in [3.8, 4) is 0 Å². The standard InChI is InChI=1S/C21H28N8/c1-17-6-8-27(13-20(17)28-9-7-23-15-28)21(22-2)25-11-18-4-3-5-19(10-18)12-29-16-24-14-26-29/h3-5,7,9-10,14-17,20H,6,8,11-13H2,1-2H3,(H,22,25). The average molecular weight is 393 g/mol. The van der Waals surface area contributed by atoms with Crippen LogP contribution in [0.1, 0.15) is 30.5 Å². The van der Waals surface area contributed by atoms with Gasteiger partial charge in [0.1, 0.15) is 12.7 Å².